The molecular weight excluding hydrogens is 482 g/mol. The van der Waals surface area contributed by atoms with E-state index in [1.165, 1.54) is 58.3 Å². The van der Waals surface area contributed by atoms with Crippen LogP contribution in [0.3, 0.4) is 0 Å². The van der Waals surface area contributed by atoms with E-state index in [9.17, 15) is 14.4 Å². The monoisotopic (exact) mass is 540 g/mol. The van der Waals surface area contributed by atoms with Gasteiger partial charge in [0.05, 0.1) is 27.3 Å². The van der Waals surface area contributed by atoms with Crippen LogP contribution < -0.4 is 0 Å². The van der Waals surface area contributed by atoms with Crippen LogP contribution in [0.1, 0.15) is 123 Å². The molecule has 0 aliphatic heterocycles. The van der Waals surface area contributed by atoms with Crippen LogP contribution in [0.25, 0.3) is 0 Å². The van der Waals surface area contributed by atoms with Crippen molar-refractivity contribution in [2.24, 2.45) is 0 Å². The molecule has 0 saturated heterocycles. The Balaban J connectivity index is 3.40. The fourth-order valence-electron chi connectivity index (χ4n) is 4.14. The molecule has 0 aliphatic rings. The average Bonchev–Trinajstić information content (AvgIpc) is 2.85. The van der Waals surface area contributed by atoms with Crippen molar-refractivity contribution >= 4 is 17.9 Å². The molecule has 0 aliphatic carbocycles. The van der Waals surface area contributed by atoms with Crippen LogP contribution in [0.2, 0.25) is 0 Å². The highest BCUT2D eigenvalue weighted by molar-refractivity contribution is 5.70. The van der Waals surface area contributed by atoms with Gasteiger partial charge in [-0.3, -0.25) is 9.59 Å². The third-order valence-corrected chi connectivity index (χ3v) is 6.53. The minimum atomic E-state index is -0.304. The first-order valence-corrected chi connectivity index (χ1v) is 15.2. The standard InChI is InChI=1S/C31H58NO6/c1-5-6-7-8-9-10-11-14-17-20-23-30(34)37-25-21-18-15-12-13-16-19-22-26-38-31(35)28-32(3,4)24-27-36-29(2)33/h6-7H,5,8-28H2,1-4H3/q+1/b7-6+. The van der Waals surface area contributed by atoms with E-state index in [0.29, 0.717) is 37.3 Å². The van der Waals surface area contributed by atoms with E-state index in [4.69, 9.17) is 14.2 Å². The number of ether oxygens (including phenoxy) is 3. The summed E-state index contributed by atoms with van der Waals surface area (Å²) in [6.45, 7) is 5.72. The highest BCUT2D eigenvalue weighted by atomic mass is 16.5. The van der Waals surface area contributed by atoms with Crippen molar-refractivity contribution in [3.63, 3.8) is 0 Å². The van der Waals surface area contributed by atoms with Gasteiger partial charge < -0.3 is 18.7 Å². The van der Waals surface area contributed by atoms with Crippen molar-refractivity contribution in [2.45, 2.75) is 123 Å². The molecule has 7 nitrogen and oxygen atoms in total. The normalized spacial score (nSPS) is 11.6. The Bertz CT molecular complexity index is 632. The first-order chi connectivity index (χ1) is 18.3. The number of quaternary nitrogens is 1. The molecular formula is C31H58NO6+. The Morgan fingerprint density at radius 2 is 1.11 bits per heavy atom. The van der Waals surface area contributed by atoms with Crippen LogP contribution in [-0.4, -0.2) is 69.4 Å². The van der Waals surface area contributed by atoms with Gasteiger partial charge in [-0.1, -0.05) is 83.3 Å². The van der Waals surface area contributed by atoms with Gasteiger partial charge in [-0.05, 0) is 38.5 Å². The lowest BCUT2D eigenvalue weighted by Crippen LogP contribution is -2.46. The molecule has 0 aromatic heterocycles. The number of hydrogen-bond donors (Lipinski definition) is 0. The Kier molecular flexibility index (Phi) is 24.1. The Morgan fingerprint density at radius 3 is 1.66 bits per heavy atom. The maximum Gasteiger partial charge on any atom is 0.361 e. The number of unbranched alkanes of at least 4 members (excludes halogenated alkanes) is 13. The lowest BCUT2D eigenvalue weighted by molar-refractivity contribution is -0.883. The highest BCUT2D eigenvalue weighted by Gasteiger charge is 2.21. The van der Waals surface area contributed by atoms with Crippen molar-refractivity contribution in [1.29, 1.82) is 0 Å². The van der Waals surface area contributed by atoms with Crippen LogP contribution in [-0.2, 0) is 28.6 Å². The van der Waals surface area contributed by atoms with Gasteiger partial charge in [-0.15, -0.1) is 0 Å². The summed E-state index contributed by atoms with van der Waals surface area (Å²) in [7, 11) is 3.85. The van der Waals surface area contributed by atoms with Gasteiger partial charge in [0.1, 0.15) is 13.2 Å². The largest absolute Gasteiger partial charge is 0.466 e. The molecule has 0 amide bonds. The zero-order valence-corrected chi connectivity index (χ0v) is 25.1. The van der Waals surface area contributed by atoms with Gasteiger partial charge in [0.25, 0.3) is 0 Å². The average molecular weight is 541 g/mol. The van der Waals surface area contributed by atoms with Gasteiger partial charge in [0.2, 0.25) is 0 Å². The molecule has 0 radical (unpaired) electrons. The number of allylic oxidation sites excluding steroid dienone is 2. The molecule has 222 valence electrons. The molecule has 0 atom stereocenters. The number of carbonyl (C=O) groups is 3. The van der Waals surface area contributed by atoms with Gasteiger partial charge in [-0.2, -0.15) is 0 Å². The lowest BCUT2D eigenvalue weighted by atomic mass is 10.1. The van der Waals surface area contributed by atoms with Crippen molar-refractivity contribution in [2.75, 3.05) is 47.0 Å². The Labute approximate surface area is 233 Å². The number of esters is 3. The molecule has 0 fully saturated rings. The molecule has 0 unspecified atom stereocenters. The van der Waals surface area contributed by atoms with Crippen LogP contribution in [0.4, 0.5) is 0 Å². The van der Waals surface area contributed by atoms with Crippen LogP contribution in [0.5, 0.6) is 0 Å². The number of rotatable bonds is 26. The smallest absolute Gasteiger partial charge is 0.361 e. The van der Waals surface area contributed by atoms with E-state index in [0.717, 1.165) is 51.4 Å². The SMILES string of the molecule is CC/C=C/CCCCCCCCC(=O)OCCCCCCCCCCOC(=O)C[N+](C)(C)CCOC(C)=O. The molecule has 0 bridgehead atoms. The zero-order valence-electron chi connectivity index (χ0n) is 25.1. The number of likely N-dealkylation sites (N-methyl/N-ethyl adjacent to an activating group) is 1. The van der Waals surface area contributed by atoms with Gasteiger partial charge in [-0.25, -0.2) is 4.79 Å². The summed E-state index contributed by atoms with van der Waals surface area (Å²) < 4.78 is 16.1. The highest BCUT2D eigenvalue weighted by Crippen LogP contribution is 2.11. The number of hydrogen-bond acceptors (Lipinski definition) is 6. The Morgan fingerprint density at radius 1 is 0.605 bits per heavy atom. The van der Waals surface area contributed by atoms with E-state index >= 15 is 0 Å². The molecule has 0 rings (SSSR count). The molecule has 0 aromatic carbocycles. The first kappa shape index (κ1) is 36.1. The molecule has 0 spiro atoms. The van der Waals surface area contributed by atoms with Gasteiger partial charge in [0.15, 0.2) is 6.54 Å². The van der Waals surface area contributed by atoms with E-state index in [1.54, 1.807) is 0 Å². The summed E-state index contributed by atoms with van der Waals surface area (Å²) in [6.07, 6.45) is 23.2. The molecule has 7 heteroatoms. The summed E-state index contributed by atoms with van der Waals surface area (Å²) >= 11 is 0. The van der Waals surface area contributed by atoms with E-state index in [-0.39, 0.29) is 24.5 Å². The summed E-state index contributed by atoms with van der Waals surface area (Å²) in [6, 6.07) is 0. The first-order valence-electron chi connectivity index (χ1n) is 15.2. The fourth-order valence-corrected chi connectivity index (χ4v) is 4.14. The van der Waals surface area contributed by atoms with Crippen LogP contribution >= 0.6 is 0 Å². The van der Waals surface area contributed by atoms with Crippen molar-refractivity contribution in [3.8, 4) is 0 Å². The van der Waals surface area contributed by atoms with Crippen molar-refractivity contribution in [3.05, 3.63) is 12.2 Å². The molecule has 38 heavy (non-hydrogen) atoms. The minimum Gasteiger partial charge on any atom is -0.466 e. The second-order valence-corrected chi connectivity index (χ2v) is 11.0. The number of nitrogens with zero attached hydrogens (tertiary/aromatic N) is 1. The summed E-state index contributed by atoms with van der Waals surface area (Å²) in [5.41, 5.74) is 0. The molecule has 0 aromatic rings. The van der Waals surface area contributed by atoms with Crippen LogP contribution in [0, 0.1) is 0 Å². The van der Waals surface area contributed by atoms with Gasteiger partial charge in [0, 0.05) is 13.3 Å². The molecule has 0 heterocycles. The Hall–Kier alpha value is -1.89. The second kappa shape index (κ2) is 25.4. The van der Waals surface area contributed by atoms with Crippen LogP contribution in [0.15, 0.2) is 12.2 Å². The van der Waals surface area contributed by atoms with Gasteiger partial charge >= 0.3 is 17.9 Å². The summed E-state index contributed by atoms with van der Waals surface area (Å²) in [5, 5.41) is 0. The quantitative estimate of drug-likeness (QED) is 0.0389. The lowest BCUT2D eigenvalue weighted by Gasteiger charge is -2.28. The topological polar surface area (TPSA) is 78.9 Å². The molecule has 0 saturated carbocycles. The zero-order chi connectivity index (χ0) is 28.3. The number of carbonyl (C=O) groups excluding carboxylic acids is 3. The second-order valence-electron chi connectivity index (χ2n) is 11.0. The third kappa shape index (κ3) is 27.2. The maximum atomic E-state index is 12.0. The third-order valence-electron chi connectivity index (χ3n) is 6.53. The predicted molar refractivity (Wildman–Crippen MR) is 154 cm³/mol. The summed E-state index contributed by atoms with van der Waals surface area (Å²) in [4.78, 5) is 34.7. The van der Waals surface area contributed by atoms with Crippen molar-refractivity contribution < 1.29 is 33.1 Å². The van der Waals surface area contributed by atoms with E-state index in [1.807, 2.05) is 14.1 Å². The minimum absolute atomic E-state index is 0.0417. The van der Waals surface area contributed by atoms with E-state index in [2.05, 4.69) is 19.1 Å². The molecule has 0 N–H and O–H groups in total. The summed E-state index contributed by atoms with van der Waals surface area (Å²) in [5.74, 6) is -0.554. The van der Waals surface area contributed by atoms with Crippen molar-refractivity contribution in [1.82, 2.24) is 0 Å². The van der Waals surface area contributed by atoms with E-state index < -0.39 is 0 Å². The maximum absolute atomic E-state index is 12.0. The fraction of sp³-hybridized carbons (Fsp3) is 0.839. The predicted octanol–water partition coefficient (Wildman–Crippen LogP) is 6.92.